The zero-order chi connectivity index (χ0) is 20.9. The van der Waals surface area contributed by atoms with Gasteiger partial charge in [0.05, 0.1) is 11.1 Å². The third kappa shape index (κ3) is 4.66. The van der Waals surface area contributed by atoms with Gasteiger partial charge in [0.1, 0.15) is 16.7 Å². The Morgan fingerprint density at radius 2 is 1.70 bits per heavy atom. The lowest BCUT2D eigenvalue weighted by molar-refractivity contribution is 0.0955. The van der Waals surface area contributed by atoms with Gasteiger partial charge < -0.3 is 5.32 Å². The Labute approximate surface area is 177 Å². The molecule has 0 spiro atoms. The molecule has 1 heterocycles. The summed E-state index contributed by atoms with van der Waals surface area (Å²) >= 11 is 1.06. The summed E-state index contributed by atoms with van der Waals surface area (Å²) in [4.78, 5) is 17.7. The number of fused-ring (bicyclic) bond motifs is 1. The quantitative estimate of drug-likeness (QED) is 0.439. The smallest absolute Gasteiger partial charge is 0.252 e. The Balaban J connectivity index is 1.59. The van der Waals surface area contributed by atoms with Gasteiger partial charge in [-0.2, -0.15) is 0 Å². The second-order valence-electron chi connectivity index (χ2n) is 6.69. The summed E-state index contributed by atoms with van der Waals surface area (Å²) < 4.78 is 27.3. The molecule has 0 unspecified atom stereocenters. The van der Waals surface area contributed by atoms with Crippen LogP contribution < -0.4 is 5.32 Å². The number of hydrogen-bond acceptors (Lipinski definition) is 3. The van der Waals surface area contributed by atoms with E-state index < -0.39 is 11.6 Å². The number of amides is 1. The summed E-state index contributed by atoms with van der Waals surface area (Å²) in [5.41, 5.74) is 2.25. The molecule has 4 rings (SSSR count). The number of nitrogens with one attached hydrogen (secondary N) is 1. The van der Waals surface area contributed by atoms with Crippen molar-refractivity contribution in [2.24, 2.45) is 0 Å². The topological polar surface area (TPSA) is 42.0 Å². The lowest BCUT2D eigenvalue weighted by Crippen LogP contribution is -2.26. The first-order valence-electron chi connectivity index (χ1n) is 9.45. The molecule has 3 aromatic carbocycles. The number of halogens is 2. The first kappa shape index (κ1) is 20.0. The van der Waals surface area contributed by atoms with Gasteiger partial charge in [-0.05, 0) is 36.2 Å². The van der Waals surface area contributed by atoms with Gasteiger partial charge in [0, 0.05) is 22.9 Å². The highest BCUT2D eigenvalue weighted by Crippen LogP contribution is 2.31. The van der Waals surface area contributed by atoms with Crippen molar-refractivity contribution in [1.82, 2.24) is 10.3 Å². The van der Waals surface area contributed by atoms with E-state index in [2.05, 4.69) is 10.3 Å². The van der Waals surface area contributed by atoms with Crippen LogP contribution in [0.4, 0.5) is 8.78 Å². The van der Waals surface area contributed by atoms with Crippen LogP contribution in [0.3, 0.4) is 0 Å². The van der Waals surface area contributed by atoms with Gasteiger partial charge in [0.15, 0.2) is 0 Å². The highest BCUT2D eigenvalue weighted by atomic mass is 32.2. The van der Waals surface area contributed by atoms with Gasteiger partial charge in [-0.15, -0.1) is 0 Å². The lowest BCUT2D eigenvalue weighted by atomic mass is 10.1. The summed E-state index contributed by atoms with van der Waals surface area (Å²) in [5, 5.41) is 4.14. The Bertz CT molecular complexity index is 1200. The Morgan fingerprint density at radius 1 is 0.933 bits per heavy atom. The van der Waals surface area contributed by atoms with Gasteiger partial charge in [0.25, 0.3) is 5.91 Å². The standard InChI is InChI=1S/C24H18F2N2OS/c25-17-10-11-22(20(26)14-17)30-23-15-19(18-8-4-5-9-21(18)28-23)24(29)27-13-12-16-6-2-1-3-7-16/h1-11,14-15H,12-13H2,(H,27,29). The summed E-state index contributed by atoms with van der Waals surface area (Å²) in [6, 6.07) is 22.3. The second-order valence-corrected chi connectivity index (χ2v) is 7.76. The average Bonchev–Trinajstić information content (AvgIpc) is 2.76. The van der Waals surface area contributed by atoms with Gasteiger partial charge >= 0.3 is 0 Å². The third-order valence-electron chi connectivity index (χ3n) is 4.59. The number of rotatable bonds is 6. The molecule has 3 nitrogen and oxygen atoms in total. The van der Waals surface area contributed by atoms with E-state index in [4.69, 9.17) is 0 Å². The molecule has 4 aromatic rings. The van der Waals surface area contributed by atoms with Crippen LogP contribution in [-0.4, -0.2) is 17.4 Å². The summed E-state index contributed by atoms with van der Waals surface area (Å²) in [6.45, 7) is 0.495. The van der Waals surface area contributed by atoms with Crippen LogP contribution in [-0.2, 0) is 6.42 Å². The van der Waals surface area contributed by atoms with Gasteiger partial charge in [-0.25, -0.2) is 13.8 Å². The molecular weight excluding hydrogens is 402 g/mol. The van der Waals surface area contributed by atoms with Crippen molar-refractivity contribution < 1.29 is 13.6 Å². The normalized spacial score (nSPS) is 10.9. The largest absolute Gasteiger partial charge is 0.352 e. The van der Waals surface area contributed by atoms with Gasteiger partial charge in [0.2, 0.25) is 0 Å². The molecule has 0 saturated carbocycles. The fourth-order valence-electron chi connectivity index (χ4n) is 3.12. The third-order valence-corrected chi connectivity index (χ3v) is 5.56. The maximum absolute atomic E-state index is 14.1. The molecule has 0 aliphatic carbocycles. The van der Waals surface area contributed by atoms with E-state index in [-0.39, 0.29) is 10.8 Å². The van der Waals surface area contributed by atoms with Crippen LogP contribution in [0.5, 0.6) is 0 Å². The number of hydrogen-bond donors (Lipinski definition) is 1. The SMILES string of the molecule is O=C(NCCc1ccccc1)c1cc(Sc2ccc(F)cc2F)nc2ccccc12. The molecule has 0 saturated heterocycles. The molecule has 1 amide bonds. The lowest BCUT2D eigenvalue weighted by Gasteiger charge is -2.11. The second kappa shape index (κ2) is 9.05. The number of benzene rings is 3. The van der Waals surface area contributed by atoms with Crippen molar-refractivity contribution in [3.8, 4) is 0 Å². The van der Waals surface area contributed by atoms with Crippen LogP contribution in [0, 0.1) is 11.6 Å². The van der Waals surface area contributed by atoms with Crippen LogP contribution in [0.15, 0.2) is 88.8 Å². The summed E-state index contributed by atoms with van der Waals surface area (Å²) in [6.07, 6.45) is 0.720. The number of pyridine rings is 1. The van der Waals surface area contributed by atoms with E-state index in [0.29, 0.717) is 22.7 Å². The predicted octanol–water partition coefficient (Wildman–Crippen LogP) is 5.64. The Morgan fingerprint density at radius 3 is 2.50 bits per heavy atom. The van der Waals surface area contributed by atoms with E-state index in [1.165, 1.54) is 12.1 Å². The zero-order valence-electron chi connectivity index (χ0n) is 15.9. The fraction of sp³-hybridized carbons (Fsp3) is 0.0833. The molecule has 0 aliphatic heterocycles. The van der Waals surface area contributed by atoms with E-state index in [0.717, 1.165) is 35.2 Å². The minimum Gasteiger partial charge on any atom is -0.352 e. The minimum absolute atomic E-state index is 0.217. The van der Waals surface area contributed by atoms with E-state index >= 15 is 0 Å². The highest BCUT2D eigenvalue weighted by molar-refractivity contribution is 7.99. The highest BCUT2D eigenvalue weighted by Gasteiger charge is 2.15. The molecule has 6 heteroatoms. The van der Waals surface area contributed by atoms with Crippen LogP contribution in [0.2, 0.25) is 0 Å². The van der Waals surface area contributed by atoms with Crippen molar-refractivity contribution in [2.75, 3.05) is 6.54 Å². The minimum atomic E-state index is -0.663. The molecule has 0 aliphatic rings. The maximum atomic E-state index is 14.1. The van der Waals surface area contributed by atoms with Crippen molar-refractivity contribution in [1.29, 1.82) is 0 Å². The van der Waals surface area contributed by atoms with E-state index in [1.807, 2.05) is 48.5 Å². The molecule has 0 fully saturated rings. The first-order chi connectivity index (χ1) is 14.6. The number of aromatic nitrogens is 1. The zero-order valence-corrected chi connectivity index (χ0v) is 16.8. The van der Waals surface area contributed by atoms with Gasteiger partial charge in [-0.3, -0.25) is 4.79 Å². The van der Waals surface area contributed by atoms with Crippen LogP contribution >= 0.6 is 11.8 Å². The van der Waals surface area contributed by atoms with Crippen LogP contribution in [0.25, 0.3) is 10.9 Å². The maximum Gasteiger partial charge on any atom is 0.252 e. The van der Waals surface area contributed by atoms with Crippen molar-refractivity contribution in [3.05, 3.63) is 102 Å². The Hall–Kier alpha value is -3.25. The molecule has 30 heavy (non-hydrogen) atoms. The monoisotopic (exact) mass is 420 g/mol. The van der Waals surface area contributed by atoms with E-state index in [9.17, 15) is 13.6 Å². The number of carbonyl (C=O) groups is 1. The van der Waals surface area contributed by atoms with Crippen molar-refractivity contribution in [3.63, 3.8) is 0 Å². The van der Waals surface area contributed by atoms with Crippen molar-refractivity contribution >= 4 is 28.6 Å². The fourth-order valence-corrected chi connectivity index (χ4v) is 3.96. The van der Waals surface area contributed by atoms with Gasteiger partial charge in [-0.1, -0.05) is 60.3 Å². The first-order valence-corrected chi connectivity index (χ1v) is 10.3. The molecule has 0 radical (unpaired) electrons. The number of nitrogens with zero attached hydrogens (tertiary/aromatic N) is 1. The Kier molecular flexibility index (Phi) is 6.05. The molecule has 1 N–H and O–H groups in total. The molecular formula is C24H18F2N2OS. The average molecular weight is 420 g/mol. The van der Waals surface area contributed by atoms with Crippen LogP contribution in [0.1, 0.15) is 15.9 Å². The van der Waals surface area contributed by atoms with Crippen molar-refractivity contribution in [2.45, 2.75) is 16.3 Å². The summed E-state index contributed by atoms with van der Waals surface area (Å²) in [7, 11) is 0. The molecule has 0 bridgehead atoms. The molecule has 1 aromatic heterocycles. The number of para-hydroxylation sites is 1. The number of carbonyl (C=O) groups excluding carboxylic acids is 1. The summed E-state index contributed by atoms with van der Waals surface area (Å²) in [5.74, 6) is -1.52. The molecule has 0 atom stereocenters. The molecule has 150 valence electrons. The predicted molar refractivity (Wildman–Crippen MR) is 115 cm³/mol. The van der Waals surface area contributed by atoms with E-state index in [1.54, 1.807) is 12.1 Å².